The fourth-order valence-electron chi connectivity index (χ4n) is 4.94. The van der Waals surface area contributed by atoms with Crippen LogP contribution >= 0.6 is 11.3 Å². The van der Waals surface area contributed by atoms with Crippen LogP contribution in [0.3, 0.4) is 0 Å². The molecular weight excluding hydrogens is 709 g/mol. The monoisotopic (exact) mass is 744 g/mol. The van der Waals surface area contributed by atoms with Gasteiger partial charge in [0.25, 0.3) is 0 Å². The van der Waals surface area contributed by atoms with Crippen LogP contribution in [0, 0.1) is 31.4 Å². The molecule has 0 aliphatic carbocycles. The molecule has 0 fully saturated rings. The smallest absolute Gasteiger partial charge is 0.187 e. The van der Waals surface area contributed by atoms with E-state index in [2.05, 4.69) is 17.0 Å². The quantitative estimate of drug-likeness (QED) is 0.0976. The number of aromatic nitrogens is 1. The molecule has 2 aromatic heterocycles. The summed E-state index contributed by atoms with van der Waals surface area (Å²) in [6.45, 7) is 17.4. The van der Waals surface area contributed by atoms with E-state index in [0.717, 1.165) is 74.0 Å². The Hall–Kier alpha value is -3.30. The Morgan fingerprint density at radius 2 is 1.73 bits per heavy atom. The Morgan fingerprint density at radius 1 is 1.05 bits per heavy atom. The number of rotatable bonds is 8. The van der Waals surface area contributed by atoms with E-state index in [0.29, 0.717) is 5.69 Å². The van der Waals surface area contributed by atoms with E-state index in [1.807, 2.05) is 71.0 Å². The molecule has 0 atom stereocenters. The Labute approximate surface area is 259 Å². The first-order valence-electron chi connectivity index (χ1n) is 13.9. The van der Waals surface area contributed by atoms with Crippen molar-refractivity contribution in [1.82, 2.24) is 4.98 Å². The molecule has 2 heterocycles. The number of carbonyl (C=O) groups excluding carboxylic acids is 1. The fraction of sp³-hybridized carbons (Fsp3) is 0.324. The Kier molecular flexibility index (Phi) is 11.4. The van der Waals surface area contributed by atoms with E-state index >= 15 is 0 Å². The molecule has 0 unspecified atom stereocenters. The molecule has 41 heavy (non-hydrogen) atoms. The summed E-state index contributed by atoms with van der Waals surface area (Å²) >= 11 is 1.65. The van der Waals surface area contributed by atoms with E-state index < -0.39 is 0 Å². The van der Waals surface area contributed by atoms with Gasteiger partial charge in [0.15, 0.2) is 11.5 Å². The van der Waals surface area contributed by atoms with Crippen LogP contribution in [0.15, 0.2) is 64.8 Å². The van der Waals surface area contributed by atoms with Crippen molar-refractivity contribution < 1.29 is 34.4 Å². The maximum absolute atomic E-state index is 11.7. The van der Waals surface area contributed by atoms with Gasteiger partial charge < -0.3 is 9.52 Å². The van der Waals surface area contributed by atoms with Gasteiger partial charge in [-0.15, -0.1) is 17.2 Å². The maximum atomic E-state index is 11.7. The summed E-state index contributed by atoms with van der Waals surface area (Å²) in [6, 6.07) is 19.1. The predicted octanol–water partition coefficient (Wildman–Crippen LogP) is 10.4. The molecule has 5 rings (SSSR count). The first kappa shape index (κ1) is 32.2. The molecule has 3 aromatic carbocycles. The molecule has 5 nitrogen and oxygen atoms in total. The van der Waals surface area contributed by atoms with Gasteiger partial charge >= 0.3 is 0 Å². The number of ketones is 1. The van der Waals surface area contributed by atoms with Crippen LogP contribution in [0.1, 0.15) is 58.9 Å². The minimum absolute atomic E-state index is 0. The number of hydrogen-bond acceptors (Lipinski definition) is 5. The average Bonchev–Trinajstić information content (AvgIpc) is 3.55. The molecule has 1 N–H and O–H groups in total. The van der Waals surface area contributed by atoms with Crippen LogP contribution in [0.5, 0.6) is 0 Å². The maximum Gasteiger partial charge on any atom is 0.187 e. The van der Waals surface area contributed by atoms with Gasteiger partial charge in [-0.3, -0.25) is 9.78 Å². The van der Waals surface area contributed by atoms with Crippen LogP contribution in [0.25, 0.3) is 47.6 Å². The van der Waals surface area contributed by atoms with Gasteiger partial charge in [-0.05, 0) is 49.3 Å². The summed E-state index contributed by atoms with van der Waals surface area (Å²) in [5.74, 6) is 0.547. The zero-order chi connectivity index (χ0) is 28.8. The van der Waals surface area contributed by atoms with E-state index in [-0.39, 0.29) is 43.5 Å². The number of aliphatic hydroxyl groups excluding tert-OH is 1. The molecule has 0 aliphatic rings. The van der Waals surface area contributed by atoms with Crippen molar-refractivity contribution in [2.75, 3.05) is 0 Å². The van der Waals surface area contributed by atoms with Gasteiger partial charge in [-0.2, -0.15) is 11.3 Å². The zero-order valence-electron chi connectivity index (χ0n) is 24.1. The number of para-hydroxylation sites is 1. The molecule has 0 spiro atoms. The van der Waals surface area contributed by atoms with Crippen molar-refractivity contribution >= 4 is 55.0 Å². The zero-order valence-corrected chi connectivity index (χ0v) is 27.3. The normalized spacial score (nSPS) is 11.5. The third-order valence-corrected chi connectivity index (χ3v) is 8.39. The number of aryl methyl sites for hydroxylation is 1. The van der Waals surface area contributed by atoms with Crippen LogP contribution in [-0.4, -0.2) is 15.9 Å². The molecule has 5 aromatic rings. The number of fused-ring (bicyclic) bond motifs is 4. The topological polar surface area (TPSA) is 67.7 Å². The predicted molar refractivity (Wildman–Crippen MR) is 166 cm³/mol. The van der Waals surface area contributed by atoms with Crippen molar-refractivity contribution in [1.29, 1.82) is 0 Å². The largest absolute Gasteiger partial charge is 0.512 e. The summed E-state index contributed by atoms with van der Waals surface area (Å²) in [6.07, 6.45) is 4.91. The van der Waals surface area contributed by atoms with E-state index in [9.17, 15) is 9.90 Å². The second-order valence-corrected chi connectivity index (χ2v) is 11.0. The third kappa shape index (κ3) is 7.13. The SMILES string of the molecule is CCC(CC)C(=O)/C=C(\O)C(CC)CC.[C-]#[N+]c1ccc2oc3cc(C)[c-]c(-c4nc5ccccc5s4)c3c2c1.[Ir]. The average molecular weight is 744 g/mol. The van der Waals surface area contributed by atoms with Crippen molar-refractivity contribution in [3.05, 3.63) is 83.4 Å². The van der Waals surface area contributed by atoms with Gasteiger partial charge in [0.2, 0.25) is 0 Å². The summed E-state index contributed by atoms with van der Waals surface area (Å²) < 4.78 is 7.17. The molecule has 0 amide bonds. The Balaban J connectivity index is 0.000000253. The summed E-state index contributed by atoms with van der Waals surface area (Å²) in [5, 5.41) is 12.6. The molecule has 0 aliphatic heterocycles. The second-order valence-electron chi connectivity index (χ2n) is 9.95. The molecule has 0 saturated carbocycles. The molecule has 215 valence electrons. The third-order valence-electron chi connectivity index (χ3n) is 7.34. The number of hydrogen-bond donors (Lipinski definition) is 1. The first-order chi connectivity index (χ1) is 19.3. The standard InChI is InChI=1S/C21H11N2OS.C13H24O2.Ir/c1-12-9-15(21-23-16-5-3-4-6-19(16)25-21)20-14-11-13(22-2)7-8-17(14)24-18(20)10-12;1-5-10(6-2)12(14)9-13(15)11(7-3)8-4;/h3-8,10-11H,1H3;9-11,14H,5-8H2,1-4H3;/q-1;;/b;12-9-;. The number of allylic oxidation sites excluding steroid dienone is 2. The number of furan rings is 1. The van der Waals surface area contributed by atoms with Crippen LogP contribution in [0.4, 0.5) is 5.69 Å². The van der Waals surface area contributed by atoms with Gasteiger partial charge in [-0.25, -0.2) is 4.85 Å². The number of thiazole rings is 1. The van der Waals surface area contributed by atoms with Crippen LogP contribution in [-0.2, 0) is 24.9 Å². The van der Waals surface area contributed by atoms with E-state index in [1.54, 1.807) is 17.4 Å². The van der Waals surface area contributed by atoms with Crippen molar-refractivity contribution in [3.63, 3.8) is 0 Å². The summed E-state index contributed by atoms with van der Waals surface area (Å²) in [5.41, 5.74) is 5.13. The fourth-order valence-corrected chi connectivity index (χ4v) is 5.92. The van der Waals surface area contributed by atoms with Crippen molar-refractivity contribution in [2.24, 2.45) is 11.8 Å². The first-order valence-corrected chi connectivity index (χ1v) is 14.7. The molecule has 7 heteroatoms. The minimum Gasteiger partial charge on any atom is -0.512 e. The summed E-state index contributed by atoms with van der Waals surface area (Å²) in [4.78, 5) is 20.1. The molecule has 0 saturated heterocycles. The van der Waals surface area contributed by atoms with Gasteiger partial charge in [-0.1, -0.05) is 70.3 Å². The summed E-state index contributed by atoms with van der Waals surface area (Å²) in [7, 11) is 0. The number of nitrogens with zero attached hydrogens (tertiary/aromatic N) is 2. The number of benzene rings is 3. The number of aliphatic hydroxyl groups is 1. The molecule has 0 bridgehead atoms. The minimum atomic E-state index is 0. The molecule has 1 radical (unpaired) electrons. The Bertz CT molecular complexity index is 1690. The van der Waals surface area contributed by atoms with E-state index in [1.165, 1.54) is 6.08 Å². The Morgan fingerprint density at radius 3 is 2.37 bits per heavy atom. The van der Waals surface area contributed by atoms with Gasteiger partial charge in [0.05, 0.1) is 23.4 Å². The van der Waals surface area contributed by atoms with Crippen LogP contribution < -0.4 is 0 Å². The van der Waals surface area contributed by atoms with Crippen LogP contribution in [0.2, 0.25) is 0 Å². The molecular formula is C34H35IrN2O3S-. The number of carbonyl (C=O) groups is 1. The van der Waals surface area contributed by atoms with Crippen molar-refractivity contribution in [3.8, 4) is 10.6 Å². The second kappa shape index (κ2) is 14.5. The van der Waals surface area contributed by atoms with Gasteiger partial charge in [0, 0.05) is 47.7 Å². The van der Waals surface area contributed by atoms with Crippen molar-refractivity contribution in [2.45, 2.75) is 60.3 Å². The van der Waals surface area contributed by atoms with Gasteiger partial charge in [0.1, 0.15) is 5.58 Å². The van der Waals surface area contributed by atoms with E-state index in [4.69, 9.17) is 16.0 Å².